The molecular formula is C44H57BrMgN2O6S2. The first-order valence-electron chi connectivity index (χ1n) is 17.7. The minimum Gasteiger partial charge on any atom is -1.00 e. The molecule has 1 N–H and O–H groups in total. The van der Waals surface area contributed by atoms with Gasteiger partial charge in [-0.3, -0.25) is 0 Å². The van der Waals surface area contributed by atoms with Gasteiger partial charge in [0.15, 0.2) is 0 Å². The fraction of sp³-hybridized carbons (Fsp3) is 0.386. The molecule has 0 fully saturated rings. The number of benzene rings is 4. The topological polar surface area (TPSA) is 111 Å². The molecule has 3 atom stereocenters. The Bertz CT molecular complexity index is 1800. The van der Waals surface area contributed by atoms with Crippen molar-refractivity contribution in [3.8, 4) is 0 Å². The summed E-state index contributed by atoms with van der Waals surface area (Å²) in [6, 6.07) is 36.2. The summed E-state index contributed by atoms with van der Waals surface area (Å²) in [5, 5.41) is 0. The van der Waals surface area contributed by atoms with Gasteiger partial charge in [0.1, 0.15) is 22.2 Å². The van der Waals surface area contributed by atoms with Crippen LogP contribution in [0.4, 0.5) is 0 Å². The summed E-state index contributed by atoms with van der Waals surface area (Å²) in [7, 11) is -2.53. The molecule has 8 nitrogen and oxygen atoms in total. The molecule has 0 aliphatic heterocycles. The third-order valence-corrected chi connectivity index (χ3v) is 9.67. The van der Waals surface area contributed by atoms with Crippen LogP contribution in [0.15, 0.2) is 114 Å². The molecule has 0 saturated heterocycles. The van der Waals surface area contributed by atoms with Gasteiger partial charge in [0.05, 0.1) is 37.6 Å². The number of esters is 2. The molecule has 0 amide bonds. The van der Waals surface area contributed by atoms with Gasteiger partial charge in [0.25, 0.3) is 0 Å². The second kappa shape index (κ2) is 24.0. The van der Waals surface area contributed by atoms with Crippen molar-refractivity contribution < 1.29 is 44.5 Å². The van der Waals surface area contributed by atoms with Crippen molar-refractivity contribution in [1.82, 2.24) is 4.72 Å². The van der Waals surface area contributed by atoms with Gasteiger partial charge in [-0.2, -0.15) is 40.8 Å². The number of halogens is 1. The third kappa shape index (κ3) is 21.0. The molecule has 4 aromatic carbocycles. The summed E-state index contributed by atoms with van der Waals surface area (Å²) in [5.74, 6) is -0.708. The largest absolute Gasteiger partial charge is 2.00 e. The summed E-state index contributed by atoms with van der Waals surface area (Å²) in [5.41, 5.74) is 2.68. The van der Waals surface area contributed by atoms with E-state index < -0.39 is 33.2 Å². The van der Waals surface area contributed by atoms with Crippen LogP contribution in [-0.2, 0) is 31.4 Å². The van der Waals surface area contributed by atoms with Crippen molar-refractivity contribution in [3.05, 3.63) is 143 Å². The Morgan fingerprint density at radius 3 is 1.39 bits per heavy atom. The Hall–Kier alpha value is -3.00. The molecular weight excluding hydrogens is 821 g/mol. The summed E-state index contributed by atoms with van der Waals surface area (Å²) in [6.45, 7) is 22.4. The van der Waals surface area contributed by atoms with Gasteiger partial charge in [0, 0.05) is 6.21 Å². The van der Waals surface area contributed by atoms with Gasteiger partial charge < -0.3 is 26.5 Å². The predicted octanol–water partition coefficient (Wildman–Crippen LogP) is 6.42. The molecule has 56 heavy (non-hydrogen) atoms. The van der Waals surface area contributed by atoms with Gasteiger partial charge in [-0.25, -0.2) is 22.7 Å². The zero-order valence-electron chi connectivity index (χ0n) is 34.8. The van der Waals surface area contributed by atoms with Gasteiger partial charge in [-0.1, -0.05) is 54.6 Å². The van der Waals surface area contributed by atoms with Gasteiger partial charge in [0.2, 0.25) is 0 Å². The van der Waals surface area contributed by atoms with Crippen LogP contribution in [0.3, 0.4) is 0 Å². The minimum atomic E-state index is -1.29. The van der Waals surface area contributed by atoms with E-state index in [1.165, 1.54) is 0 Å². The Kier molecular flexibility index (Phi) is 22.8. The van der Waals surface area contributed by atoms with Crippen LogP contribution in [0, 0.1) is 6.07 Å². The van der Waals surface area contributed by atoms with Crippen molar-refractivity contribution in [3.63, 3.8) is 0 Å². The number of ether oxygens (including phenoxy) is 2. The number of hydrogen-bond donors (Lipinski definition) is 1. The molecule has 0 unspecified atom stereocenters. The molecule has 0 spiro atoms. The minimum absolute atomic E-state index is 0. The third-order valence-electron chi connectivity index (χ3n) is 6.77. The molecule has 0 aliphatic carbocycles. The summed E-state index contributed by atoms with van der Waals surface area (Å²) in [6.07, 6.45) is 1.56. The van der Waals surface area contributed by atoms with Crippen LogP contribution in [0.2, 0.25) is 0 Å². The normalized spacial score (nSPS) is 13.1. The van der Waals surface area contributed by atoms with Crippen molar-refractivity contribution >= 4 is 63.2 Å². The van der Waals surface area contributed by atoms with Crippen LogP contribution >= 0.6 is 0 Å². The van der Waals surface area contributed by atoms with Gasteiger partial charge >= 0.3 is 35.0 Å². The fourth-order valence-corrected chi connectivity index (χ4v) is 5.43. The Morgan fingerprint density at radius 1 is 0.625 bits per heavy atom. The van der Waals surface area contributed by atoms with Crippen LogP contribution in [0.1, 0.15) is 127 Å². The number of carbonyl (C=O) groups excluding carboxylic acids is 2. The zero-order valence-corrected chi connectivity index (χ0v) is 39.5. The molecule has 0 heterocycles. The van der Waals surface area contributed by atoms with Crippen molar-refractivity contribution in [1.29, 1.82) is 0 Å². The first-order valence-corrected chi connectivity index (χ1v) is 20.0. The molecule has 0 bridgehead atoms. The molecule has 0 aliphatic rings. The van der Waals surface area contributed by atoms with E-state index in [0.717, 1.165) is 16.7 Å². The van der Waals surface area contributed by atoms with Crippen LogP contribution in [0.5, 0.6) is 0 Å². The number of rotatable bonds is 8. The first-order chi connectivity index (χ1) is 25.0. The van der Waals surface area contributed by atoms with E-state index in [0.29, 0.717) is 11.1 Å². The average Bonchev–Trinajstić information content (AvgIpc) is 3.09. The molecule has 300 valence electrons. The van der Waals surface area contributed by atoms with Gasteiger partial charge in [-0.05, 0) is 124 Å². The molecule has 0 saturated carbocycles. The van der Waals surface area contributed by atoms with Crippen LogP contribution in [-0.4, -0.2) is 70.3 Å². The Balaban J connectivity index is 0.000000927. The molecule has 0 aromatic heterocycles. The number of carbonyl (C=O) groups is 2. The SMILES string of the molecule is CC(C)(C)OC(=O)c1ccc(C=N[S@@](=O)C(C)(C)C)cc1.CC(C)(C)OC(=O)c1ccc([C@H](N[S@@](=O)C(C)(C)C)c2ccccc2)cc1.[Br-].[Mg+2].[c-]1ccccc1. The van der Waals surface area contributed by atoms with E-state index in [2.05, 4.69) is 15.2 Å². The van der Waals surface area contributed by atoms with E-state index in [1.54, 1.807) is 42.6 Å². The monoisotopic (exact) mass is 876 g/mol. The van der Waals surface area contributed by atoms with E-state index in [-0.39, 0.29) is 67.5 Å². The number of hydrogen-bond acceptors (Lipinski definition) is 6. The van der Waals surface area contributed by atoms with E-state index in [9.17, 15) is 18.0 Å². The summed E-state index contributed by atoms with van der Waals surface area (Å²) in [4.78, 5) is 24.1. The van der Waals surface area contributed by atoms with Crippen molar-refractivity contribution in [2.24, 2.45) is 4.40 Å². The van der Waals surface area contributed by atoms with Crippen LogP contribution in [0.25, 0.3) is 0 Å². The summed E-state index contributed by atoms with van der Waals surface area (Å²) < 4.78 is 41.7. The fourth-order valence-electron chi connectivity index (χ4n) is 4.06. The average molecular weight is 878 g/mol. The Labute approximate surface area is 367 Å². The number of nitrogens with zero attached hydrogens (tertiary/aromatic N) is 1. The van der Waals surface area contributed by atoms with Crippen LogP contribution < -0.4 is 21.7 Å². The predicted molar refractivity (Wildman–Crippen MR) is 229 cm³/mol. The smallest absolute Gasteiger partial charge is 1.00 e. The molecule has 4 rings (SSSR count). The van der Waals surface area contributed by atoms with Crippen molar-refractivity contribution in [2.45, 2.75) is 110 Å². The maximum atomic E-state index is 12.7. The second-order valence-electron chi connectivity index (χ2n) is 16.3. The summed E-state index contributed by atoms with van der Waals surface area (Å²) >= 11 is 0. The van der Waals surface area contributed by atoms with E-state index in [1.807, 2.05) is 156 Å². The van der Waals surface area contributed by atoms with Gasteiger partial charge in [-0.15, -0.1) is 0 Å². The maximum absolute atomic E-state index is 12.7. The maximum Gasteiger partial charge on any atom is 2.00 e. The zero-order chi connectivity index (χ0) is 40.7. The quantitative estimate of drug-likeness (QED) is 0.0949. The second-order valence-corrected chi connectivity index (χ2v) is 20.2. The van der Waals surface area contributed by atoms with E-state index in [4.69, 9.17) is 9.47 Å². The molecule has 4 aromatic rings. The Morgan fingerprint density at radius 2 is 1.04 bits per heavy atom. The number of nitrogens with one attached hydrogen (secondary N) is 1. The molecule has 12 heteroatoms. The van der Waals surface area contributed by atoms with Crippen molar-refractivity contribution in [2.75, 3.05) is 0 Å². The molecule has 0 radical (unpaired) electrons. The first kappa shape index (κ1) is 53.0. The standard InChI is InChI=1S/C22H29NO3S.C16H23NO3S.C6H5.BrH.Mg/c1-21(2,3)26-20(24)18-14-12-17(13-15-18)19(16-10-8-7-9-11-16)23-27(25)22(4,5)6;1-15(2,3)20-14(18)13-9-7-12(8-10-13)11-17-21(19)16(4,5)6;1-2-4-6-5-3-1;;/h7-15,19,23H,1-6H3;7-11H,1-6H3;1-5H;1H;/q;;-1;;+2/p-1/t19-,27+;21-;;;/m10.../s1. The van der Waals surface area contributed by atoms with E-state index >= 15 is 0 Å².